The van der Waals surface area contributed by atoms with Gasteiger partial charge in [0.05, 0.1) is 22.5 Å². The molecule has 0 bridgehead atoms. The largest absolute Gasteiger partial charge is 0.492 e. The molecule has 0 unspecified atom stereocenters. The van der Waals surface area contributed by atoms with E-state index in [2.05, 4.69) is 15.1 Å². The number of ether oxygens (including phenoxy) is 1. The number of carbonyl (C=O) groups is 2. The fraction of sp³-hybridized carbons (Fsp3) is 0.231. The summed E-state index contributed by atoms with van der Waals surface area (Å²) in [5.74, 6) is -1.62. The number of anilines is 2. The van der Waals surface area contributed by atoms with Gasteiger partial charge < -0.3 is 20.1 Å². The number of carboxylic acid groups (broad SMARTS) is 1. The fourth-order valence-electron chi connectivity index (χ4n) is 3.92. The molecule has 3 aromatic rings. The SMILES string of the molecule is O=C(O)c1ccc(N2CCN(CCOc3ccc(Cl)cc3)CC2)c(NC(=O)c2ccccc2F)c1. The minimum Gasteiger partial charge on any atom is -0.492 e. The first-order chi connectivity index (χ1) is 16.9. The maximum absolute atomic E-state index is 14.1. The van der Waals surface area contributed by atoms with Crippen LogP contribution in [0.5, 0.6) is 5.75 Å². The lowest BCUT2D eigenvalue weighted by Gasteiger charge is -2.37. The van der Waals surface area contributed by atoms with Gasteiger partial charge >= 0.3 is 5.97 Å². The fourth-order valence-corrected chi connectivity index (χ4v) is 4.04. The van der Waals surface area contributed by atoms with Crippen molar-refractivity contribution in [1.82, 2.24) is 4.90 Å². The van der Waals surface area contributed by atoms with E-state index in [1.807, 2.05) is 12.1 Å². The number of benzene rings is 3. The molecule has 1 amide bonds. The standard InChI is InChI=1S/C26H25ClFN3O4/c27-19-6-8-20(9-7-19)35-16-15-30-11-13-31(14-12-30)24-10-5-18(26(33)34)17-23(24)29-25(32)21-3-1-2-4-22(21)28/h1-10,17H,11-16H2,(H,29,32)(H,33,34). The van der Waals surface area contributed by atoms with E-state index in [0.717, 1.165) is 25.4 Å². The van der Waals surface area contributed by atoms with Crippen molar-refractivity contribution in [2.75, 3.05) is 49.5 Å². The van der Waals surface area contributed by atoms with Gasteiger partial charge in [0.2, 0.25) is 0 Å². The van der Waals surface area contributed by atoms with Crippen LogP contribution >= 0.6 is 11.6 Å². The van der Waals surface area contributed by atoms with Gasteiger partial charge in [-0.15, -0.1) is 0 Å². The van der Waals surface area contributed by atoms with Crippen LogP contribution in [0, 0.1) is 5.82 Å². The number of hydrogen-bond acceptors (Lipinski definition) is 5. The Labute approximate surface area is 207 Å². The third-order valence-electron chi connectivity index (χ3n) is 5.81. The Bertz CT molecular complexity index is 1200. The Kier molecular flexibility index (Phi) is 7.84. The maximum atomic E-state index is 14.1. The summed E-state index contributed by atoms with van der Waals surface area (Å²) < 4.78 is 19.9. The van der Waals surface area contributed by atoms with Crippen molar-refractivity contribution in [1.29, 1.82) is 0 Å². The van der Waals surface area contributed by atoms with E-state index in [9.17, 15) is 19.1 Å². The van der Waals surface area contributed by atoms with E-state index in [1.54, 1.807) is 24.3 Å². The molecule has 0 saturated carbocycles. The number of piperazine rings is 1. The minimum atomic E-state index is -1.11. The molecular weight excluding hydrogens is 473 g/mol. The third kappa shape index (κ3) is 6.29. The zero-order valence-electron chi connectivity index (χ0n) is 18.9. The van der Waals surface area contributed by atoms with Crippen molar-refractivity contribution in [2.24, 2.45) is 0 Å². The van der Waals surface area contributed by atoms with Crippen LogP contribution in [0.15, 0.2) is 66.7 Å². The van der Waals surface area contributed by atoms with Gasteiger partial charge in [0.25, 0.3) is 5.91 Å². The van der Waals surface area contributed by atoms with E-state index in [-0.39, 0.29) is 11.1 Å². The summed E-state index contributed by atoms with van der Waals surface area (Å²) in [5, 5.41) is 12.8. The molecule has 182 valence electrons. The van der Waals surface area contributed by atoms with E-state index in [1.165, 1.54) is 30.3 Å². The smallest absolute Gasteiger partial charge is 0.335 e. The second kappa shape index (κ2) is 11.2. The molecular formula is C26H25ClFN3O4. The van der Waals surface area contributed by atoms with Gasteiger partial charge in [-0.1, -0.05) is 23.7 Å². The van der Waals surface area contributed by atoms with Crippen molar-refractivity contribution in [3.05, 3.63) is 88.7 Å². The summed E-state index contributed by atoms with van der Waals surface area (Å²) in [6.07, 6.45) is 0. The second-order valence-corrected chi connectivity index (χ2v) is 8.54. The minimum absolute atomic E-state index is 0.0376. The highest BCUT2D eigenvalue weighted by Gasteiger charge is 2.22. The van der Waals surface area contributed by atoms with Crippen molar-refractivity contribution >= 4 is 34.9 Å². The maximum Gasteiger partial charge on any atom is 0.335 e. The lowest BCUT2D eigenvalue weighted by Crippen LogP contribution is -2.47. The second-order valence-electron chi connectivity index (χ2n) is 8.10. The van der Waals surface area contributed by atoms with Crippen LogP contribution in [-0.4, -0.2) is 61.2 Å². The number of hydrogen-bond donors (Lipinski definition) is 2. The Morgan fingerprint density at radius 2 is 1.71 bits per heavy atom. The number of nitrogens with zero attached hydrogens (tertiary/aromatic N) is 2. The summed E-state index contributed by atoms with van der Waals surface area (Å²) in [4.78, 5) is 28.6. The first kappa shape index (κ1) is 24.5. The Balaban J connectivity index is 1.40. The van der Waals surface area contributed by atoms with Gasteiger partial charge in [0.1, 0.15) is 18.2 Å². The average molecular weight is 498 g/mol. The molecule has 1 saturated heterocycles. The molecule has 9 heteroatoms. The number of carboxylic acids is 1. The Hall–Kier alpha value is -3.62. The first-order valence-corrected chi connectivity index (χ1v) is 11.6. The van der Waals surface area contributed by atoms with E-state index in [4.69, 9.17) is 16.3 Å². The van der Waals surface area contributed by atoms with Crippen LogP contribution in [0.4, 0.5) is 15.8 Å². The average Bonchev–Trinajstić information content (AvgIpc) is 2.86. The summed E-state index contributed by atoms with van der Waals surface area (Å²) >= 11 is 5.90. The lowest BCUT2D eigenvalue weighted by molar-refractivity contribution is 0.0696. The molecule has 1 aliphatic rings. The molecule has 0 aromatic heterocycles. The van der Waals surface area contributed by atoms with Crippen LogP contribution in [0.25, 0.3) is 0 Å². The van der Waals surface area contributed by atoms with Crippen LogP contribution < -0.4 is 15.0 Å². The molecule has 1 heterocycles. The first-order valence-electron chi connectivity index (χ1n) is 11.2. The van der Waals surface area contributed by atoms with Gasteiger partial charge in [-0.3, -0.25) is 9.69 Å². The summed E-state index contributed by atoms with van der Waals surface area (Å²) in [6.45, 7) is 4.19. The van der Waals surface area contributed by atoms with Gasteiger partial charge in [0, 0.05) is 37.7 Å². The van der Waals surface area contributed by atoms with Gasteiger partial charge in [0.15, 0.2) is 0 Å². The molecule has 0 spiro atoms. The van der Waals surface area contributed by atoms with Crippen molar-refractivity contribution in [3.63, 3.8) is 0 Å². The number of amides is 1. The molecule has 0 atom stereocenters. The molecule has 4 rings (SSSR count). The highest BCUT2D eigenvalue weighted by Crippen LogP contribution is 2.29. The molecule has 0 radical (unpaired) electrons. The monoisotopic (exact) mass is 497 g/mol. The summed E-state index contributed by atoms with van der Waals surface area (Å²) in [7, 11) is 0. The van der Waals surface area contributed by atoms with Crippen molar-refractivity contribution in [2.45, 2.75) is 0 Å². The normalized spacial score (nSPS) is 13.9. The lowest BCUT2D eigenvalue weighted by atomic mass is 10.1. The van der Waals surface area contributed by atoms with Gasteiger partial charge in [-0.2, -0.15) is 0 Å². The van der Waals surface area contributed by atoms with Crippen molar-refractivity contribution < 1.29 is 23.8 Å². The van der Waals surface area contributed by atoms with E-state index in [0.29, 0.717) is 36.1 Å². The number of carbonyl (C=O) groups excluding carboxylic acids is 1. The quantitative estimate of drug-likeness (QED) is 0.472. The Morgan fingerprint density at radius 3 is 2.40 bits per heavy atom. The van der Waals surface area contributed by atoms with Gasteiger partial charge in [-0.05, 0) is 54.6 Å². The van der Waals surface area contributed by atoms with Crippen LogP contribution in [0.2, 0.25) is 5.02 Å². The molecule has 1 aliphatic heterocycles. The number of aromatic carboxylic acids is 1. The van der Waals surface area contributed by atoms with E-state index < -0.39 is 17.7 Å². The predicted molar refractivity (Wildman–Crippen MR) is 133 cm³/mol. The Morgan fingerprint density at radius 1 is 1.00 bits per heavy atom. The molecule has 3 aromatic carbocycles. The van der Waals surface area contributed by atoms with Crippen LogP contribution in [0.3, 0.4) is 0 Å². The number of rotatable bonds is 8. The highest BCUT2D eigenvalue weighted by atomic mass is 35.5. The number of halogens is 2. The number of nitrogens with one attached hydrogen (secondary N) is 1. The topological polar surface area (TPSA) is 82.1 Å². The van der Waals surface area contributed by atoms with Crippen LogP contribution in [0.1, 0.15) is 20.7 Å². The molecule has 7 nitrogen and oxygen atoms in total. The van der Waals surface area contributed by atoms with E-state index >= 15 is 0 Å². The molecule has 1 fully saturated rings. The molecule has 2 N–H and O–H groups in total. The zero-order valence-corrected chi connectivity index (χ0v) is 19.7. The molecule has 35 heavy (non-hydrogen) atoms. The molecule has 0 aliphatic carbocycles. The third-order valence-corrected chi connectivity index (χ3v) is 6.07. The summed E-state index contributed by atoms with van der Waals surface area (Å²) in [6, 6.07) is 17.5. The predicted octanol–water partition coefficient (Wildman–Crippen LogP) is 4.63. The van der Waals surface area contributed by atoms with Crippen LogP contribution in [-0.2, 0) is 0 Å². The summed E-state index contributed by atoms with van der Waals surface area (Å²) in [5.41, 5.74) is 0.953. The highest BCUT2D eigenvalue weighted by molar-refractivity contribution is 6.30. The van der Waals surface area contributed by atoms with Gasteiger partial charge in [-0.25, -0.2) is 9.18 Å². The van der Waals surface area contributed by atoms with Crippen molar-refractivity contribution in [3.8, 4) is 5.75 Å². The zero-order chi connectivity index (χ0) is 24.8.